The van der Waals surface area contributed by atoms with Crippen LogP contribution in [0.15, 0.2) is 30.5 Å². The van der Waals surface area contributed by atoms with Gasteiger partial charge in [0.15, 0.2) is 6.29 Å². The molecule has 1 aromatic carbocycles. The van der Waals surface area contributed by atoms with Crippen molar-refractivity contribution >= 4 is 0 Å². The van der Waals surface area contributed by atoms with Crippen LogP contribution in [0.3, 0.4) is 0 Å². The van der Waals surface area contributed by atoms with Crippen LogP contribution in [-0.4, -0.2) is 66.6 Å². The lowest BCUT2D eigenvalue weighted by atomic mass is 9.96. The number of aliphatic hydroxyl groups is 4. The minimum atomic E-state index is -1.58. The van der Waals surface area contributed by atoms with Gasteiger partial charge < -0.3 is 25.2 Å². The molecule has 2 heterocycles. The quantitative estimate of drug-likeness (QED) is 0.574. The predicted octanol–water partition coefficient (Wildman–Crippen LogP) is -0.943. The summed E-state index contributed by atoms with van der Waals surface area (Å²) in [5, 5.41) is 46.8. The molecule has 0 aliphatic carbocycles. The highest BCUT2D eigenvalue weighted by Gasteiger charge is 2.45. The highest BCUT2D eigenvalue weighted by Crippen LogP contribution is 2.29. The van der Waals surface area contributed by atoms with E-state index in [9.17, 15) is 24.8 Å². The molecule has 0 bridgehead atoms. The Morgan fingerprint density at radius 1 is 1.22 bits per heavy atom. The van der Waals surface area contributed by atoms with E-state index in [-0.39, 0.29) is 0 Å². The van der Waals surface area contributed by atoms with Gasteiger partial charge in [-0.2, -0.15) is 0 Å². The van der Waals surface area contributed by atoms with Gasteiger partial charge in [-0.05, 0) is 12.1 Å². The van der Waals surface area contributed by atoms with E-state index in [1.165, 1.54) is 29.1 Å². The summed E-state index contributed by atoms with van der Waals surface area (Å²) in [7, 11) is 0. The summed E-state index contributed by atoms with van der Waals surface area (Å²) in [6.07, 6.45) is -4.00. The van der Waals surface area contributed by atoms with Gasteiger partial charge in [0, 0.05) is 5.56 Å². The van der Waals surface area contributed by atoms with E-state index in [0.29, 0.717) is 11.3 Å². The van der Waals surface area contributed by atoms with Gasteiger partial charge in [0.05, 0.1) is 12.8 Å². The second-order valence-electron chi connectivity index (χ2n) is 5.31. The van der Waals surface area contributed by atoms with Crippen molar-refractivity contribution in [1.29, 1.82) is 0 Å². The molecule has 0 radical (unpaired) electrons. The minimum Gasteiger partial charge on any atom is -0.394 e. The Morgan fingerprint density at radius 3 is 2.70 bits per heavy atom. The number of hydrogen-bond donors (Lipinski definition) is 4. The number of aromatic nitrogens is 3. The van der Waals surface area contributed by atoms with Crippen LogP contribution >= 0.6 is 0 Å². The Kier molecular flexibility index (Phi) is 4.37. The average molecular weight is 325 g/mol. The number of ether oxygens (including phenoxy) is 1. The van der Waals surface area contributed by atoms with Gasteiger partial charge in [-0.15, -0.1) is 5.10 Å². The SMILES string of the molecule is OCC1O[C@@H](O)C(O)[C@@H](n2cc(-c3cccc(F)c3)nn2)[C@H]1O. The predicted molar refractivity (Wildman–Crippen MR) is 74.4 cm³/mol. The van der Waals surface area contributed by atoms with Crippen molar-refractivity contribution in [1.82, 2.24) is 15.0 Å². The normalized spacial score (nSPS) is 31.3. The van der Waals surface area contributed by atoms with E-state index in [2.05, 4.69) is 10.3 Å². The summed E-state index contributed by atoms with van der Waals surface area (Å²) in [5.41, 5.74) is 0.817. The van der Waals surface area contributed by atoms with Crippen molar-refractivity contribution in [3.05, 3.63) is 36.3 Å². The van der Waals surface area contributed by atoms with Crippen LogP contribution in [0.1, 0.15) is 6.04 Å². The van der Waals surface area contributed by atoms with E-state index >= 15 is 0 Å². The fourth-order valence-corrected chi connectivity index (χ4v) is 2.60. The summed E-state index contributed by atoms with van der Waals surface area (Å²) in [6.45, 7) is -0.535. The van der Waals surface area contributed by atoms with Gasteiger partial charge in [0.1, 0.15) is 35.9 Å². The fourth-order valence-electron chi connectivity index (χ4n) is 2.60. The third-order valence-electron chi connectivity index (χ3n) is 3.80. The van der Waals surface area contributed by atoms with Crippen molar-refractivity contribution < 1.29 is 29.6 Å². The monoisotopic (exact) mass is 325 g/mol. The minimum absolute atomic E-state index is 0.338. The first-order chi connectivity index (χ1) is 11.0. The van der Waals surface area contributed by atoms with E-state index in [0.717, 1.165) is 0 Å². The highest BCUT2D eigenvalue weighted by atomic mass is 19.1. The van der Waals surface area contributed by atoms with Crippen LogP contribution in [0.4, 0.5) is 4.39 Å². The molecule has 3 rings (SSSR count). The molecular weight excluding hydrogens is 309 g/mol. The number of hydrogen-bond acceptors (Lipinski definition) is 7. The first kappa shape index (κ1) is 16.0. The molecule has 0 spiro atoms. The van der Waals surface area contributed by atoms with Gasteiger partial charge >= 0.3 is 0 Å². The molecular formula is C14H16FN3O5. The third kappa shape index (κ3) is 2.96. The van der Waals surface area contributed by atoms with Gasteiger partial charge in [-0.1, -0.05) is 17.3 Å². The smallest absolute Gasteiger partial charge is 0.183 e. The summed E-state index contributed by atoms with van der Waals surface area (Å²) in [6, 6.07) is 4.66. The van der Waals surface area contributed by atoms with Crippen LogP contribution in [-0.2, 0) is 4.74 Å². The molecule has 23 heavy (non-hydrogen) atoms. The molecule has 1 fully saturated rings. The van der Waals surface area contributed by atoms with Crippen molar-refractivity contribution in [2.75, 3.05) is 6.61 Å². The third-order valence-corrected chi connectivity index (χ3v) is 3.80. The zero-order chi connectivity index (χ0) is 16.6. The summed E-state index contributed by atoms with van der Waals surface area (Å²) >= 11 is 0. The maximum absolute atomic E-state index is 13.3. The fraction of sp³-hybridized carbons (Fsp3) is 0.429. The molecule has 1 aliphatic rings. The lowest BCUT2D eigenvalue weighted by Crippen LogP contribution is -2.55. The standard InChI is InChI=1S/C14H16FN3O5/c15-8-3-1-2-7(4-8)9-5-18(17-16-9)11-12(20)10(6-19)23-14(22)13(11)21/h1-5,10-14,19-22H,6H2/t10?,11-,12-,13?,14+/m0/s1. The maximum atomic E-state index is 13.3. The molecule has 1 saturated heterocycles. The number of rotatable bonds is 3. The number of aliphatic hydroxyl groups excluding tert-OH is 4. The van der Waals surface area contributed by atoms with Crippen LogP contribution in [0.25, 0.3) is 11.3 Å². The number of nitrogens with zero attached hydrogens (tertiary/aromatic N) is 3. The van der Waals surface area contributed by atoms with Crippen LogP contribution in [0.2, 0.25) is 0 Å². The van der Waals surface area contributed by atoms with Crippen LogP contribution < -0.4 is 0 Å². The molecule has 5 atom stereocenters. The van der Waals surface area contributed by atoms with Crippen LogP contribution in [0, 0.1) is 5.82 Å². The second-order valence-corrected chi connectivity index (χ2v) is 5.31. The topological polar surface area (TPSA) is 121 Å². The van der Waals surface area contributed by atoms with Gasteiger partial charge in [-0.25, -0.2) is 9.07 Å². The molecule has 1 aliphatic heterocycles. The van der Waals surface area contributed by atoms with E-state index in [1.807, 2.05) is 0 Å². The first-order valence-corrected chi connectivity index (χ1v) is 6.99. The van der Waals surface area contributed by atoms with E-state index in [4.69, 9.17) is 4.74 Å². The molecule has 9 heteroatoms. The van der Waals surface area contributed by atoms with Crippen molar-refractivity contribution in [3.8, 4) is 11.3 Å². The highest BCUT2D eigenvalue weighted by molar-refractivity contribution is 5.57. The molecule has 124 valence electrons. The Bertz CT molecular complexity index is 682. The lowest BCUT2D eigenvalue weighted by Gasteiger charge is -2.39. The largest absolute Gasteiger partial charge is 0.394 e. The van der Waals surface area contributed by atoms with Gasteiger partial charge in [-0.3, -0.25) is 0 Å². The Hall–Kier alpha value is -1.91. The molecule has 2 aromatic rings. The lowest BCUT2D eigenvalue weighted by molar-refractivity contribution is -0.270. The van der Waals surface area contributed by atoms with Crippen molar-refractivity contribution in [2.24, 2.45) is 0 Å². The molecule has 0 saturated carbocycles. The Balaban J connectivity index is 1.92. The second kappa shape index (κ2) is 6.30. The van der Waals surface area contributed by atoms with Gasteiger partial charge in [0.2, 0.25) is 0 Å². The van der Waals surface area contributed by atoms with E-state index in [1.54, 1.807) is 6.07 Å². The van der Waals surface area contributed by atoms with Crippen LogP contribution in [0.5, 0.6) is 0 Å². The number of benzene rings is 1. The average Bonchev–Trinajstić information content (AvgIpc) is 3.01. The summed E-state index contributed by atoms with van der Waals surface area (Å²) in [5.74, 6) is -0.432. The van der Waals surface area contributed by atoms with Gasteiger partial charge in [0.25, 0.3) is 0 Å². The molecule has 4 N–H and O–H groups in total. The maximum Gasteiger partial charge on any atom is 0.183 e. The van der Waals surface area contributed by atoms with Crippen molar-refractivity contribution in [3.63, 3.8) is 0 Å². The van der Waals surface area contributed by atoms with E-state index < -0.39 is 43.1 Å². The summed E-state index contributed by atoms with van der Waals surface area (Å²) < 4.78 is 19.4. The zero-order valence-electron chi connectivity index (χ0n) is 11.9. The Labute approximate surface area is 130 Å². The molecule has 1 aromatic heterocycles. The van der Waals surface area contributed by atoms with Crippen molar-refractivity contribution in [2.45, 2.75) is 30.6 Å². The number of halogens is 1. The summed E-state index contributed by atoms with van der Waals surface area (Å²) in [4.78, 5) is 0. The zero-order valence-corrected chi connectivity index (χ0v) is 11.9. The molecule has 0 amide bonds. The molecule has 2 unspecified atom stereocenters. The Morgan fingerprint density at radius 2 is 2.00 bits per heavy atom. The first-order valence-electron chi connectivity index (χ1n) is 6.99. The molecule has 8 nitrogen and oxygen atoms in total.